The lowest BCUT2D eigenvalue weighted by molar-refractivity contribution is 0.0381. The van der Waals surface area contributed by atoms with Gasteiger partial charge in [0.05, 0.1) is 0 Å². The number of aryl methyl sites for hydroxylation is 1. The van der Waals surface area contributed by atoms with E-state index in [9.17, 15) is 0 Å². The Balaban J connectivity index is 1.81. The molecule has 0 amide bonds. The molecule has 0 radical (unpaired) electrons. The first-order valence-corrected chi connectivity index (χ1v) is 6.77. The summed E-state index contributed by atoms with van der Waals surface area (Å²) >= 11 is 0. The summed E-state index contributed by atoms with van der Waals surface area (Å²) in [5.41, 5.74) is 9.33. The Kier molecular flexibility index (Phi) is 3.17. The zero-order valence-corrected chi connectivity index (χ0v) is 10.3. The molecule has 0 saturated carbocycles. The average molecular weight is 231 g/mol. The fourth-order valence-electron chi connectivity index (χ4n) is 3.49. The maximum Gasteiger partial charge on any atom is 0.0468 e. The number of hydrogen-bond acceptors (Lipinski definition) is 2. The molecule has 2 heteroatoms. The van der Waals surface area contributed by atoms with Crippen LogP contribution in [0.5, 0.6) is 0 Å². The van der Waals surface area contributed by atoms with E-state index >= 15 is 0 Å². The standard InChI is InChI=1S/C15H21NO/c16-15-13-4-2-1-3-11(13)5-6-14(15)12-7-9-17-10-8-12/h1-4,12,14-15H,5-10,16H2/t14-,15?/m1/s1. The first-order valence-electron chi connectivity index (χ1n) is 6.77. The number of ether oxygens (including phenoxy) is 1. The molecular weight excluding hydrogens is 210 g/mol. The molecule has 3 rings (SSSR count). The molecule has 17 heavy (non-hydrogen) atoms. The highest BCUT2D eigenvalue weighted by Crippen LogP contribution is 2.40. The van der Waals surface area contributed by atoms with Crippen LogP contribution in [-0.2, 0) is 11.2 Å². The number of fused-ring (bicyclic) bond motifs is 1. The summed E-state index contributed by atoms with van der Waals surface area (Å²) in [6.07, 6.45) is 4.84. The van der Waals surface area contributed by atoms with Crippen LogP contribution in [0.4, 0.5) is 0 Å². The Morgan fingerprint density at radius 3 is 2.65 bits per heavy atom. The van der Waals surface area contributed by atoms with Crippen molar-refractivity contribution in [1.82, 2.24) is 0 Å². The van der Waals surface area contributed by atoms with E-state index in [1.807, 2.05) is 0 Å². The van der Waals surface area contributed by atoms with Crippen LogP contribution in [0.3, 0.4) is 0 Å². The summed E-state index contributed by atoms with van der Waals surface area (Å²) in [4.78, 5) is 0. The molecule has 92 valence electrons. The quantitative estimate of drug-likeness (QED) is 0.806. The smallest absolute Gasteiger partial charge is 0.0468 e. The van der Waals surface area contributed by atoms with Gasteiger partial charge in [-0.3, -0.25) is 0 Å². The van der Waals surface area contributed by atoms with Crippen LogP contribution in [0.25, 0.3) is 0 Å². The van der Waals surface area contributed by atoms with E-state index in [1.165, 1.54) is 36.8 Å². The lowest BCUT2D eigenvalue weighted by Crippen LogP contribution is -2.35. The van der Waals surface area contributed by atoms with Crippen LogP contribution in [-0.4, -0.2) is 13.2 Å². The van der Waals surface area contributed by atoms with Crippen molar-refractivity contribution in [3.8, 4) is 0 Å². The molecule has 0 aromatic heterocycles. The topological polar surface area (TPSA) is 35.2 Å². The van der Waals surface area contributed by atoms with Crippen LogP contribution in [0, 0.1) is 11.8 Å². The molecule has 1 unspecified atom stereocenters. The second kappa shape index (κ2) is 4.79. The molecule has 1 aliphatic carbocycles. The monoisotopic (exact) mass is 231 g/mol. The number of nitrogens with two attached hydrogens (primary N) is 1. The van der Waals surface area contributed by atoms with Crippen LogP contribution >= 0.6 is 0 Å². The predicted molar refractivity (Wildman–Crippen MR) is 68.7 cm³/mol. The number of hydrogen-bond donors (Lipinski definition) is 1. The maximum atomic E-state index is 6.48. The van der Waals surface area contributed by atoms with E-state index < -0.39 is 0 Å². The molecule has 1 aromatic carbocycles. The van der Waals surface area contributed by atoms with Crippen molar-refractivity contribution in [1.29, 1.82) is 0 Å². The molecule has 0 spiro atoms. The van der Waals surface area contributed by atoms with Crippen molar-refractivity contribution in [2.75, 3.05) is 13.2 Å². The van der Waals surface area contributed by atoms with Crippen molar-refractivity contribution >= 4 is 0 Å². The van der Waals surface area contributed by atoms with E-state index in [1.54, 1.807) is 0 Å². The minimum Gasteiger partial charge on any atom is -0.381 e. The van der Waals surface area contributed by atoms with Gasteiger partial charge in [0.15, 0.2) is 0 Å². The average Bonchev–Trinajstić information content (AvgIpc) is 2.40. The van der Waals surface area contributed by atoms with Crippen molar-refractivity contribution in [3.05, 3.63) is 35.4 Å². The molecule has 1 aromatic rings. The van der Waals surface area contributed by atoms with Crippen molar-refractivity contribution in [2.24, 2.45) is 17.6 Å². The van der Waals surface area contributed by atoms with Gasteiger partial charge in [0.1, 0.15) is 0 Å². The fraction of sp³-hybridized carbons (Fsp3) is 0.600. The molecule has 2 aliphatic rings. The summed E-state index contributed by atoms with van der Waals surface area (Å²) in [7, 11) is 0. The second-order valence-electron chi connectivity index (χ2n) is 5.38. The molecule has 2 N–H and O–H groups in total. The normalized spacial score (nSPS) is 29.9. The summed E-state index contributed by atoms with van der Waals surface area (Å²) in [5.74, 6) is 1.43. The van der Waals surface area contributed by atoms with Crippen LogP contribution < -0.4 is 5.73 Å². The molecule has 1 saturated heterocycles. The van der Waals surface area contributed by atoms with Gasteiger partial charge in [0.2, 0.25) is 0 Å². The van der Waals surface area contributed by atoms with Gasteiger partial charge in [-0.1, -0.05) is 24.3 Å². The number of rotatable bonds is 1. The van der Waals surface area contributed by atoms with Crippen LogP contribution in [0.2, 0.25) is 0 Å². The maximum absolute atomic E-state index is 6.48. The zero-order valence-electron chi connectivity index (χ0n) is 10.3. The predicted octanol–water partition coefficient (Wildman–Crippen LogP) is 2.68. The SMILES string of the molecule is NC1c2ccccc2CC[C@@H]1C1CCOCC1. The Hall–Kier alpha value is -0.860. The Morgan fingerprint density at radius 2 is 1.82 bits per heavy atom. The van der Waals surface area contributed by atoms with Crippen LogP contribution in [0.15, 0.2) is 24.3 Å². The highest BCUT2D eigenvalue weighted by atomic mass is 16.5. The van der Waals surface area contributed by atoms with Gasteiger partial charge in [-0.05, 0) is 48.6 Å². The van der Waals surface area contributed by atoms with Gasteiger partial charge in [0.25, 0.3) is 0 Å². The minimum atomic E-state index is 0.239. The van der Waals surface area contributed by atoms with Crippen LogP contribution in [0.1, 0.15) is 36.4 Å². The third-order valence-electron chi connectivity index (χ3n) is 4.49. The first-order chi connectivity index (χ1) is 8.36. The lowest BCUT2D eigenvalue weighted by atomic mass is 9.71. The number of benzene rings is 1. The zero-order chi connectivity index (χ0) is 11.7. The van der Waals surface area contributed by atoms with E-state index in [2.05, 4.69) is 24.3 Å². The Morgan fingerprint density at radius 1 is 1.06 bits per heavy atom. The Bertz CT molecular complexity index is 384. The lowest BCUT2D eigenvalue weighted by Gasteiger charge is -2.38. The molecule has 0 bridgehead atoms. The second-order valence-corrected chi connectivity index (χ2v) is 5.38. The molecule has 2 nitrogen and oxygen atoms in total. The highest BCUT2D eigenvalue weighted by Gasteiger charge is 2.33. The highest BCUT2D eigenvalue weighted by molar-refractivity contribution is 5.32. The van der Waals surface area contributed by atoms with Gasteiger partial charge in [-0.25, -0.2) is 0 Å². The van der Waals surface area contributed by atoms with Gasteiger partial charge < -0.3 is 10.5 Å². The minimum absolute atomic E-state index is 0.239. The summed E-state index contributed by atoms with van der Waals surface area (Å²) in [6, 6.07) is 8.93. The first kappa shape index (κ1) is 11.2. The van der Waals surface area contributed by atoms with Crippen molar-refractivity contribution in [3.63, 3.8) is 0 Å². The summed E-state index contributed by atoms with van der Waals surface area (Å²) in [5, 5.41) is 0. The van der Waals surface area contributed by atoms with E-state index in [-0.39, 0.29) is 6.04 Å². The molecule has 1 aliphatic heterocycles. The van der Waals surface area contributed by atoms with Gasteiger partial charge in [0, 0.05) is 19.3 Å². The van der Waals surface area contributed by atoms with Gasteiger partial charge in [-0.15, -0.1) is 0 Å². The largest absolute Gasteiger partial charge is 0.381 e. The Labute approximate surface area is 103 Å². The molecule has 1 heterocycles. The molecular formula is C15H21NO. The van der Waals surface area contributed by atoms with Gasteiger partial charge in [-0.2, -0.15) is 0 Å². The fourth-order valence-corrected chi connectivity index (χ4v) is 3.49. The third kappa shape index (κ3) is 2.12. The van der Waals surface area contributed by atoms with Crippen molar-refractivity contribution < 1.29 is 4.74 Å². The van der Waals surface area contributed by atoms with E-state index in [4.69, 9.17) is 10.5 Å². The molecule has 1 fully saturated rings. The van der Waals surface area contributed by atoms with E-state index in [0.717, 1.165) is 19.1 Å². The van der Waals surface area contributed by atoms with Gasteiger partial charge >= 0.3 is 0 Å². The van der Waals surface area contributed by atoms with E-state index in [0.29, 0.717) is 5.92 Å². The molecule has 2 atom stereocenters. The van der Waals surface area contributed by atoms with Crippen molar-refractivity contribution in [2.45, 2.75) is 31.7 Å². The summed E-state index contributed by atoms with van der Waals surface area (Å²) < 4.78 is 5.45. The third-order valence-corrected chi connectivity index (χ3v) is 4.49. The summed E-state index contributed by atoms with van der Waals surface area (Å²) in [6.45, 7) is 1.85.